The number of carbonyl (C=O) groups is 2. The molecule has 0 saturated heterocycles. The zero-order valence-electron chi connectivity index (χ0n) is 16.1. The summed E-state index contributed by atoms with van der Waals surface area (Å²) in [6, 6.07) is 3.61. The van der Waals surface area contributed by atoms with Crippen molar-refractivity contribution < 1.29 is 19.1 Å². The lowest BCUT2D eigenvalue weighted by molar-refractivity contribution is -0.121. The number of methoxy groups -OCH3 is 2. The largest absolute Gasteiger partial charge is 0.493 e. The molecule has 1 aromatic rings. The summed E-state index contributed by atoms with van der Waals surface area (Å²) >= 11 is 0. The first kappa shape index (κ1) is 20.0. The van der Waals surface area contributed by atoms with Crippen LogP contribution < -0.4 is 20.1 Å². The van der Waals surface area contributed by atoms with Gasteiger partial charge in [-0.15, -0.1) is 0 Å². The van der Waals surface area contributed by atoms with E-state index in [1.165, 1.54) is 0 Å². The summed E-state index contributed by atoms with van der Waals surface area (Å²) in [5.41, 5.74) is 2.09. The van der Waals surface area contributed by atoms with Gasteiger partial charge < -0.3 is 14.8 Å². The average molecular weight is 363 g/mol. The van der Waals surface area contributed by atoms with Crippen LogP contribution in [0.15, 0.2) is 12.1 Å². The number of likely N-dealkylation sites (N-methyl/N-ethyl adjacent to an activating group) is 1. The molecule has 0 aliphatic heterocycles. The van der Waals surface area contributed by atoms with Crippen LogP contribution >= 0.6 is 0 Å². The van der Waals surface area contributed by atoms with Gasteiger partial charge in [-0.2, -0.15) is 0 Å². The summed E-state index contributed by atoms with van der Waals surface area (Å²) in [5, 5.41) is 5.25. The lowest BCUT2D eigenvalue weighted by Gasteiger charge is -2.19. The predicted molar refractivity (Wildman–Crippen MR) is 99.5 cm³/mol. The van der Waals surface area contributed by atoms with E-state index >= 15 is 0 Å². The predicted octanol–water partition coefficient (Wildman–Crippen LogP) is 2.21. The van der Waals surface area contributed by atoms with Gasteiger partial charge in [-0.1, -0.05) is 12.8 Å². The van der Waals surface area contributed by atoms with Crippen molar-refractivity contribution in [2.75, 3.05) is 27.8 Å². The van der Waals surface area contributed by atoms with E-state index in [9.17, 15) is 9.59 Å². The van der Waals surface area contributed by atoms with Crippen molar-refractivity contribution in [3.63, 3.8) is 0 Å². The molecule has 0 unspecified atom stereocenters. The number of nitrogens with one attached hydrogen (secondary N) is 2. The van der Waals surface area contributed by atoms with Gasteiger partial charge in [0, 0.05) is 12.6 Å². The van der Waals surface area contributed by atoms with Crippen molar-refractivity contribution in [3.8, 4) is 11.5 Å². The summed E-state index contributed by atoms with van der Waals surface area (Å²) < 4.78 is 10.6. The number of benzene rings is 1. The van der Waals surface area contributed by atoms with Crippen molar-refractivity contribution >= 4 is 11.9 Å². The van der Waals surface area contributed by atoms with Crippen LogP contribution in [0, 0.1) is 6.92 Å². The van der Waals surface area contributed by atoms with Gasteiger partial charge >= 0.3 is 6.03 Å². The van der Waals surface area contributed by atoms with Crippen LogP contribution in [0.25, 0.3) is 0 Å². The molecule has 7 nitrogen and oxygen atoms in total. The number of ether oxygens (including phenoxy) is 2. The molecule has 1 saturated carbocycles. The van der Waals surface area contributed by atoms with Gasteiger partial charge in [0.15, 0.2) is 11.5 Å². The summed E-state index contributed by atoms with van der Waals surface area (Å²) in [5.74, 6) is 1.01. The number of hydrogen-bond acceptors (Lipinski definition) is 5. The van der Waals surface area contributed by atoms with E-state index < -0.39 is 6.03 Å². The van der Waals surface area contributed by atoms with Crippen LogP contribution in [-0.4, -0.2) is 50.7 Å². The number of aryl methyl sites for hydroxylation is 1. The molecule has 7 heteroatoms. The summed E-state index contributed by atoms with van der Waals surface area (Å²) in [4.78, 5) is 25.8. The lowest BCUT2D eigenvalue weighted by atomic mass is 10.1. The minimum absolute atomic E-state index is 0.131. The summed E-state index contributed by atoms with van der Waals surface area (Å²) in [6.45, 7) is 2.68. The van der Waals surface area contributed by atoms with Gasteiger partial charge in [0.1, 0.15) is 0 Å². The zero-order chi connectivity index (χ0) is 19.1. The molecule has 2 N–H and O–H groups in total. The van der Waals surface area contributed by atoms with E-state index in [-0.39, 0.29) is 18.5 Å². The van der Waals surface area contributed by atoms with E-state index in [1.54, 1.807) is 14.2 Å². The second-order valence-corrected chi connectivity index (χ2v) is 6.81. The first-order valence-corrected chi connectivity index (χ1v) is 8.93. The molecular weight excluding hydrogens is 334 g/mol. The molecule has 1 aliphatic carbocycles. The Labute approximate surface area is 155 Å². The third-order valence-electron chi connectivity index (χ3n) is 4.64. The molecular formula is C19H29N3O4. The highest BCUT2D eigenvalue weighted by molar-refractivity contribution is 5.95. The van der Waals surface area contributed by atoms with Crippen molar-refractivity contribution in [2.45, 2.75) is 45.2 Å². The Bertz CT molecular complexity index is 642. The van der Waals surface area contributed by atoms with Gasteiger partial charge in [0.25, 0.3) is 0 Å². The lowest BCUT2D eigenvalue weighted by Crippen LogP contribution is -2.46. The van der Waals surface area contributed by atoms with Crippen LogP contribution in [-0.2, 0) is 11.3 Å². The fourth-order valence-corrected chi connectivity index (χ4v) is 3.24. The minimum atomic E-state index is -0.405. The Morgan fingerprint density at radius 2 is 1.77 bits per heavy atom. The number of nitrogens with zero attached hydrogens (tertiary/aromatic N) is 1. The molecule has 3 amide bonds. The standard InChI is InChI=1S/C19H29N3O4/c1-13-9-16(25-3)17(26-4)10-14(13)11-22(2)12-18(23)21-19(24)20-15-7-5-6-8-15/h9-10,15H,5-8,11-12H2,1-4H3,(H2,20,21,23,24). The van der Waals surface area contributed by atoms with Gasteiger partial charge in [-0.3, -0.25) is 15.0 Å². The number of amides is 3. The average Bonchev–Trinajstić information content (AvgIpc) is 3.08. The van der Waals surface area contributed by atoms with Crippen molar-refractivity contribution in [3.05, 3.63) is 23.3 Å². The topological polar surface area (TPSA) is 79.9 Å². The van der Waals surface area contributed by atoms with Crippen LogP contribution in [0.4, 0.5) is 4.79 Å². The fraction of sp³-hybridized carbons (Fsp3) is 0.579. The molecule has 26 heavy (non-hydrogen) atoms. The number of carbonyl (C=O) groups excluding carboxylic acids is 2. The van der Waals surface area contributed by atoms with E-state index in [0.717, 1.165) is 36.8 Å². The molecule has 1 fully saturated rings. The molecule has 0 aromatic heterocycles. The molecule has 0 heterocycles. The maximum absolute atomic E-state index is 12.1. The van der Waals surface area contributed by atoms with E-state index in [0.29, 0.717) is 18.0 Å². The van der Waals surface area contributed by atoms with Crippen LogP contribution in [0.2, 0.25) is 0 Å². The first-order chi connectivity index (χ1) is 12.4. The molecule has 2 rings (SSSR count). The van der Waals surface area contributed by atoms with E-state index in [1.807, 2.05) is 31.0 Å². The minimum Gasteiger partial charge on any atom is -0.493 e. The molecule has 0 atom stereocenters. The van der Waals surface area contributed by atoms with E-state index in [4.69, 9.17) is 9.47 Å². The number of urea groups is 1. The van der Waals surface area contributed by atoms with Crippen molar-refractivity contribution in [1.29, 1.82) is 0 Å². The molecule has 144 valence electrons. The quantitative estimate of drug-likeness (QED) is 0.776. The smallest absolute Gasteiger partial charge is 0.321 e. The fourth-order valence-electron chi connectivity index (χ4n) is 3.24. The Morgan fingerprint density at radius 1 is 1.15 bits per heavy atom. The van der Waals surface area contributed by atoms with Crippen molar-refractivity contribution in [1.82, 2.24) is 15.5 Å². The first-order valence-electron chi connectivity index (χ1n) is 8.93. The number of rotatable bonds is 7. The molecule has 0 bridgehead atoms. The molecule has 1 aliphatic rings. The van der Waals surface area contributed by atoms with Crippen LogP contribution in [0.5, 0.6) is 11.5 Å². The van der Waals surface area contributed by atoms with Crippen molar-refractivity contribution in [2.24, 2.45) is 0 Å². The van der Waals surface area contributed by atoms with Gasteiger partial charge in [0.2, 0.25) is 5.91 Å². The maximum atomic E-state index is 12.1. The third-order valence-corrected chi connectivity index (χ3v) is 4.64. The second kappa shape index (κ2) is 9.43. The van der Waals surface area contributed by atoms with Gasteiger partial charge in [0.05, 0.1) is 20.8 Å². The Kier molecular flexibility index (Phi) is 7.26. The van der Waals surface area contributed by atoms with Gasteiger partial charge in [-0.25, -0.2) is 4.79 Å². The Balaban J connectivity index is 1.86. The van der Waals surface area contributed by atoms with Gasteiger partial charge in [-0.05, 0) is 50.1 Å². The highest BCUT2D eigenvalue weighted by Crippen LogP contribution is 2.30. The highest BCUT2D eigenvalue weighted by Gasteiger charge is 2.19. The van der Waals surface area contributed by atoms with Crippen LogP contribution in [0.3, 0.4) is 0 Å². The second-order valence-electron chi connectivity index (χ2n) is 6.81. The maximum Gasteiger partial charge on any atom is 0.321 e. The SMILES string of the molecule is COc1cc(C)c(CN(C)CC(=O)NC(=O)NC2CCCC2)cc1OC. The molecule has 1 aromatic carbocycles. The molecule has 0 radical (unpaired) electrons. The Morgan fingerprint density at radius 3 is 2.38 bits per heavy atom. The third kappa shape index (κ3) is 5.62. The summed E-state index contributed by atoms with van der Waals surface area (Å²) in [7, 11) is 5.03. The van der Waals surface area contributed by atoms with Crippen LogP contribution in [0.1, 0.15) is 36.8 Å². The summed E-state index contributed by atoms with van der Waals surface area (Å²) in [6.07, 6.45) is 4.23. The number of hydrogen-bond donors (Lipinski definition) is 2. The monoisotopic (exact) mass is 363 g/mol. The zero-order valence-corrected chi connectivity index (χ0v) is 16.1. The highest BCUT2D eigenvalue weighted by atomic mass is 16.5. The van der Waals surface area contributed by atoms with E-state index in [2.05, 4.69) is 10.6 Å². The molecule has 0 spiro atoms. The Hall–Kier alpha value is -2.28. The normalized spacial score (nSPS) is 14.3. The number of imide groups is 1.